The largest absolute Gasteiger partial charge is 0.480 e. The molecule has 126 valence electrons. The summed E-state index contributed by atoms with van der Waals surface area (Å²) < 4.78 is 0. The first kappa shape index (κ1) is 16.5. The molecule has 1 aliphatic rings. The number of aliphatic carboxylic acids is 1. The van der Waals surface area contributed by atoms with Crippen molar-refractivity contribution in [1.82, 2.24) is 15.1 Å². The average molecular weight is 348 g/mol. The van der Waals surface area contributed by atoms with Crippen molar-refractivity contribution in [1.29, 1.82) is 0 Å². The Morgan fingerprint density at radius 3 is 2.71 bits per heavy atom. The van der Waals surface area contributed by atoms with Gasteiger partial charge in [0.25, 0.3) is 5.91 Å². The van der Waals surface area contributed by atoms with Gasteiger partial charge in [-0.2, -0.15) is 5.10 Å². The number of carbonyl (C=O) groups is 2. The summed E-state index contributed by atoms with van der Waals surface area (Å²) in [7, 11) is 0. The molecule has 2 N–H and O–H groups in total. The van der Waals surface area contributed by atoms with Gasteiger partial charge in [-0.1, -0.05) is 30.7 Å². The first-order valence-electron chi connectivity index (χ1n) is 7.81. The Labute approximate surface area is 144 Å². The lowest BCUT2D eigenvalue weighted by Gasteiger charge is -2.35. The number of nitrogens with one attached hydrogen (secondary N) is 1. The summed E-state index contributed by atoms with van der Waals surface area (Å²) in [6.45, 7) is 2.44. The third-order valence-corrected chi connectivity index (χ3v) is 4.61. The summed E-state index contributed by atoms with van der Waals surface area (Å²) in [5, 5.41) is 16.9. The van der Waals surface area contributed by atoms with Crippen LogP contribution in [0.25, 0.3) is 11.3 Å². The first-order chi connectivity index (χ1) is 11.5. The van der Waals surface area contributed by atoms with Gasteiger partial charge >= 0.3 is 5.97 Å². The molecule has 1 saturated heterocycles. The zero-order valence-corrected chi connectivity index (χ0v) is 14.0. The molecular weight excluding hydrogens is 330 g/mol. The second-order valence-corrected chi connectivity index (χ2v) is 6.59. The van der Waals surface area contributed by atoms with E-state index >= 15 is 0 Å². The standard InChI is InChI=1S/C17H18ClN3O3/c1-10-6-7-21(15(8-10)17(23)24)16(22)14-9-13(19-20-14)11-2-4-12(18)5-3-11/h2-5,9-10,15H,6-8H2,1H3,(H,19,20)(H,23,24). The van der Waals surface area contributed by atoms with Crippen LogP contribution in [0.3, 0.4) is 0 Å². The van der Waals surface area contributed by atoms with Crippen LogP contribution in [-0.4, -0.2) is 44.7 Å². The normalized spacial score (nSPS) is 20.8. The summed E-state index contributed by atoms with van der Waals surface area (Å²) in [5.74, 6) is -1.00. The molecule has 6 nitrogen and oxygen atoms in total. The van der Waals surface area contributed by atoms with Crippen molar-refractivity contribution in [2.24, 2.45) is 5.92 Å². The van der Waals surface area contributed by atoms with Crippen LogP contribution < -0.4 is 0 Å². The number of likely N-dealkylation sites (tertiary alicyclic amines) is 1. The minimum atomic E-state index is -0.965. The number of nitrogens with zero attached hydrogens (tertiary/aromatic N) is 2. The molecule has 0 spiro atoms. The number of aromatic amines is 1. The van der Waals surface area contributed by atoms with E-state index in [1.165, 1.54) is 4.90 Å². The highest BCUT2D eigenvalue weighted by Gasteiger charge is 2.35. The second-order valence-electron chi connectivity index (χ2n) is 6.16. The zero-order chi connectivity index (χ0) is 17.3. The van der Waals surface area contributed by atoms with E-state index in [4.69, 9.17) is 11.6 Å². The van der Waals surface area contributed by atoms with Crippen molar-refractivity contribution in [3.63, 3.8) is 0 Å². The molecule has 0 radical (unpaired) electrons. The number of hydrogen-bond acceptors (Lipinski definition) is 3. The van der Waals surface area contributed by atoms with Gasteiger partial charge in [-0.05, 0) is 37.0 Å². The predicted molar refractivity (Wildman–Crippen MR) is 89.9 cm³/mol. The van der Waals surface area contributed by atoms with Gasteiger partial charge in [0.05, 0.1) is 5.69 Å². The fraction of sp³-hybridized carbons (Fsp3) is 0.353. The quantitative estimate of drug-likeness (QED) is 0.893. The first-order valence-corrected chi connectivity index (χ1v) is 8.18. The topological polar surface area (TPSA) is 86.3 Å². The van der Waals surface area contributed by atoms with E-state index in [0.29, 0.717) is 35.3 Å². The number of carboxylic acids is 1. The number of benzene rings is 1. The Morgan fingerprint density at radius 2 is 2.04 bits per heavy atom. The van der Waals surface area contributed by atoms with E-state index in [9.17, 15) is 14.7 Å². The number of H-pyrrole nitrogens is 1. The lowest BCUT2D eigenvalue weighted by atomic mass is 9.92. The van der Waals surface area contributed by atoms with Gasteiger partial charge in [0.1, 0.15) is 11.7 Å². The highest BCUT2D eigenvalue weighted by Crippen LogP contribution is 2.25. The fourth-order valence-electron chi connectivity index (χ4n) is 2.97. The molecule has 1 amide bonds. The minimum Gasteiger partial charge on any atom is -0.480 e. The van der Waals surface area contributed by atoms with E-state index in [0.717, 1.165) is 12.0 Å². The average Bonchev–Trinajstić information content (AvgIpc) is 3.04. The molecule has 1 fully saturated rings. The van der Waals surface area contributed by atoms with Gasteiger partial charge in [-0.3, -0.25) is 9.89 Å². The van der Waals surface area contributed by atoms with E-state index in [2.05, 4.69) is 10.2 Å². The summed E-state index contributed by atoms with van der Waals surface area (Å²) in [6.07, 6.45) is 1.27. The monoisotopic (exact) mass is 347 g/mol. The molecule has 1 aliphatic heterocycles. The zero-order valence-electron chi connectivity index (χ0n) is 13.2. The molecular formula is C17H18ClN3O3. The van der Waals surface area contributed by atoms with E-state index in [-0.39, 0.29) is 5.91 Å². The van der Waals surface area contributed by atoms with Gasteiger partial charge in [0.2, 0.25) is 0 Å². The number of amides is 1. The number of rotatable bonds is 3. The second kappa shape index (κ2) is 6.65. The predicted octanol–water partition coefficient (Wildman–Crippen LogP) is 3.06. The van der Waals surface area contributed by atoms with Crippen LogP contribution in [0.2, 0.25) is 5.02 Å². The Kier molecular flexibility index (Phi) is 4.57. The summed E-state index contributed by atoms with van der Waals surface area (Å²) in [4.78, 5) is 25.6. The van der Waals surface area contributed by atoms with Crippen molar-refractivity contribution in [2.45, 2.75) is 25.8 Å². The molecule has 2 atom stereocenters. The van der Waals surface area contributed by atoms with Crippen LogP contribution in [0, 0.1) is 5.92 Å². The van der Waals surface area contributed by atoms with Gasteiger partial charge in [-0.25, -0.2) is 4.79 Å². The summed E-state index contributed by atoms with van der Waals surface area (Å²) in [5.41, 5.74) is 1.74. The number of piperidine rings is 1. The Morgan fingerprint density at radius 1 is 1.33 bits per heavy atom. The van der Waals surface area contributed by atoms with Gasteiger partial charge in [0, 0.05) is 17.1 Å². The maximum Gasteiger partial charge on any atom is 0.326 e. The number of aromatic nitrogens is 2. The SMILES string of the molecule is CC1CCN(C(=O)c2cc(-c3ccc(Cl)cc3)n[nH]2)C(C(=O)O)C1. The van der Waals surface area contributed by atoms with Crippen molar-refractivity contribution in [3.8, 4) is 11.3 Å². The molecule has 3 rings (SSSR count). The molecule has 1 aromatic carbocycles. The highest BCUT2D eigenvalue weighted by molar-refractivity contribution is 6.30. The van der Waals surface area contributed by atoms with Crippen molar-refractivity contribution in [3.05, 3.63) is 41.0 Å². The molecule has 0 aliphatic carbocycles. The van der Waals surface area contributed by atoms with Gasteiger partial charge in [0.15, 0.2) is 0 Å². The van der Waals surface area contributed by atoms with Gasteiger partial charge < -0.3 is 10.0 Å². The maximum absolute atomic E-state index is 12.7. The fourth-order valence-corrected chi connectivity index (χ4v) is 3.10. The van der Waals surface area contributed by atoms with Crippen molar-refractivity contribution < 1.29 is 14.7 Å². The van der Waals surface area contributed by atoms with Gasteiger partial charge in [-0.15, -0.1) is 0 Å². The minimum absolute atomic E-state index is 0.292. The molecule has 0 bridgehead atoms. The maximum atomic E-state index is 12.7. The molecule has 24 heavy (non-hydrogen) atoms. The van der Waals surface area contributed by atoms with E-state index in [1.54, 1.807) is 18.2 Å². The van der Waals surface area contributed by atoms with Crippen LogP contribution in [0.4, 0.5) is 0 Å². The van der Waals surface area contributed by atoms with Crippen LogP contribution >= 0.6 is 11.6 Å². The number of halogens is 1. The van der Waals surface area contributed by atoms with Crippen LogP contribution in [0.1, 0.15) is 30.3 Å². The van der Waals surface area contributed by atoms with Crippen LogP contribution in [-0.2, 0) is 4.79 Å². The van der Waals surface area contributed by atoms with Crippen molar-refractivity contribution in [2.75, 3.05) is 6.54 Å². The lowest BCUT2D eigenvalue weighted by molar-refractivity contribution is -0.144. The summed E-state index contributed by atoms with van der Waals surface area (Å²) >= 11 is 5.87. The van der Waals surface area contributed by atoms with Crippen LogP contribution in [0.15, 0.2) is 30.3 Å². The summed E-state index contributed by atoms with van der Waals surface area (Å²) in [6, 6.07) is 7.98. The molecule has 2 unspecified atom stereocenters. The van der Waals surface area contributed by atoms with Crippen LogP contribution in [0.5, 0.6) is 0 Å². The molecule has 1 aromatic heterocycles. The highest BCUT2D eigenvalue weighted by atomic mass is 35.5. The van der Waals surface area contributed by atoms with E-state index < -0.39 is 12.0 Å². The number of carboxylic acid groups (broad SMARTS) is 1. The molecule has 7 heteroatoms. The smallest absolute Gasteiger partial charge is 0.326 e. The Hall–Kier alpha value is -2.34. The Balaban J connectivity index is 1.82. The molecule has 0 saturated carbocycles. The number of hydrogen-bond donors (Lipinski definition) is 2. The van der Waals surface area contributed by atoms with Crippen molar-refractivity contribution >= 4 is 23.5 Å². The van der Waals surface area contributed by atoms with E-state index in [1.807, 2.05) is 19.1 Å². The Bertz CT molecular complexity index is 757. The third kappa shape index (κ3) is 3.28. The third-order valence-electron chi connectivity index (χ3n) is 4.36. The lowest BCUT2D eigenvalue weighted by Crippen LogP contribution is -2.49. The molecule has 2 aromatic rings. The molecule has 2 heterocycles. The number of carbonyl (C=O) groups excluding carboxylic acids is 1.